The van der Waals surface area contributed by atoms with E-state index in [2.05, 4.69) is 26.2 Å². The molecule has 1 aromatic carbocycles. The molecular formula is C23H38O5Si. The number of ether oxygens (including phenoxy) is 5. The number of hydrogen-bond donors (Lipinski definition) is 0. The highest BCUT2D eigenvalue weighted by Gasteiger charge is 2.30. The topological polar surface area (TPSA) is 46.2 Å². The predicted molar refractivity (Wildman–Crippen MR) is 119 cm³/mol. The van der Waals surface area contributed by atoms with Crippen molar-refractivity contribution in [2.45, 2.75) is 69.9 Å². The highest BCUT2D eigenvalue weighted by molar-refractivity contribution is 6.76. The van der Waals surface area contributed by atoms with Gasteiger partial charge in [-0.3, -0.25) is 0 Å². The zero-order valence-electron chi connectivity index (χ0n) is 18.5. The van der Waals surface area contributed by atoms with Crippen LogP contribution in [0.5, 0.6) is 5.75 Å². The second kappa shape index (κ2) is 12.5. The van der Waals surface area contributed by atoms with Gasteiger partial charge in [0, 0.05) is 21.3 Å². The molecule has 3 atom stereocenters. The van der Waals surface area contributed by atoms with E-state index in [9.17, 15) is 0 Å². The Hall–Kier alpha value is -1.18. The largest absolute Gasteiger partial charge is 0.497 e. The summed E-state index contributed by atoms with van der Waals surface area (Å²) >= 11 is 0. The molecule has 5 nitrogen and oxygen atoms in total. The van der Waals surface area contributed by atoms with Crippen LogP contribution < -0.4 is 4.74 Å². The zero-order valence-corrected chi connectivity index (χ0v) is 19.5. The van der Waals surface area contributed by atoms with Crippen molar-refractivity contribution in [3.05, 3.63) is 42.5 Å². The molecule has 0 aliphatic carbocycles. The summed E-state index contributed by atoms with van der Waals surface area (Å²) in [5.41, 5.74) is 1.14. The zero-order chi connectivity index (χ0) is 21.1. The lowest BCUT2D eigenvalue weighted by molar-refractivity contribution is -0.117. The summed E-state index contributed by atoms with van der Waals surface area (Å²) in [5.74, 6) is 0.861. The van der Waals surface area contributed by atoms with E-state index in [0.29, 0.717) is 20.0 Å². The minimum Gasteiger partial charge on any atom is -0.497 e. The first kappa shape index (κ1) is 24.1. The highest BCUT2D eigenvalue weighted by Crippen LogP contribution is 2.26. The molecule has 0 unspecified atom stereocenters. The Morgan fingerprint density at radius 1 is 1.14 bits per heavy atom. The van der Waals surface area contributed by atoms with Gasteiger partial charge < -0.3 is 23.7 Å². The van der Waals surface area contributed by atoms with Crippen molar-refractivity contribution in [1.29, 1.82) is 0 Å². The molecule has 0 bridgehead atoms. The third kappa shape index (κ3) is 9.44. The van der Waals surface area contributed by atoms with Crippen molar-refractivity contribution in [3.63, 3.8) is 0 Å². The number of hydrogen-bond acceptors (Lipinski definition) is 5. The van der Waals surface area contributed by atoms with Gasteiger partial charge >= 0.3 is 0 Å². The molecule has 0 aromatic heterocycles. The summed E-state index contributed by atoms with van der Waals surface area (Å²) in [5, 5.41) is 0. The Labute approximate surface area is 177 Å². The van der Waals surface area contributed by atoms with Gasteiger partial charge in [0.25, 0.3) is 0 Å². The van der Waals surface area contributed by atoms with Gasteiger partial charge in [0.2, 0.25) is 0 Å². The third-order valence-corrected chi connectivity index (χ3v) is 6.80. The van der Waals surface area contributed by atoms with Crippen molar-refractivity contribution in [2.24, 2.45) is 0 Å². The van der Waals surface area contributed by atoms with E-state index in [4.69, 9.17) is 23.7 Å². The molecule has 6 heteroatoms. The van der Waals surface area contributed by atoms with Crippen LogP contribution in [0.25, 0.3) is 0 Å². The average molecular weight is 423 g/mol. The van der Waals surface area contributed by atoms with E-state index < -0.39 is 8.07 Å². The first-order chi connectivity index (χ1) is 13.9. The maximum absolute atomic E-state index is 6.17. The minimum absolute atomic E-state index is 0.0553. The van der Waals surface area contributed by atoms with Crippen LogP contribution in [-0.4, -0.2) is 53.5 Å². The average Bonchev–Trinajstić information content (AvgIpc) is 3.16. The second-order valence-corrected chi connectivity index (χ2v) is 14.4. The number of methoxy groups -OCH3 is 1. The molecule has 1 fully saturated rings. The summed E-state index contributed by atoms with van der Waals surface area (Å²) in [6, 6.07) is 9.10. The predicted octanol–water partition coefficient (Wildman–Crippen LogP) is 5.03. The summed E-state index contributed by atoms with van der Waals surface area (Å²) in [6.07, 6.45) is 4.88. The van der Waals surface area contributed by atoms with Crippen LogP contribution in [0.4, 0.5) is 0 Å². The lowest BCUT2D eigenvalue weighted by Crippen LogP contribution is -2.29. The first-order valence-electron chi connectivity index (χ1n) is 10.6. The molecule has 0 radical (unpaired) electrons. The summed E-state index contributed by atoms with van der Waals surface area (Å²) in [7, 11) is 0.608. The molecule has 0 saturated carbocycles. The molecule has 1 saturated heterocycles. The molecule has 1 aromatic rings. The second-order valence-electron chi connectivity index (χ2n) is 8.77. The molecule has 1 heterocycles. The Bertz CT molecular complexity index is 584. The SMILES string of the molecule is C=C[C@@H](OCOCC[Si](C)(C)C)[C@H]1CC[C@H](CCOCc2ccc(OC)cc2)O1. The molecule has 29 heavy (non-hydrogen) atoms. The maximum Gasteiger partial charge on any atom is 0.147 e. The fourth-order valence-electron chi connectivity index (χ4n) is 3.21. The summed E-state index contributed by atoms with van der Waals surface area (Å²) in [6.45, 7) is 13.3. The normalized spacial score (nSPS) is 20.6. The standard InChI is InChI=1S/C23H38O5Si/c1-6-22(27-18-26-15-16-29(3,4)5)23-12-11-21(28-23)13-14-25-17-19-7-9-20(24-2)10-8-19/h6-10,21-23H,1,11-18H2,2-5H3/t21-,22-,23-/m1/s1. The highest BCUT2D eigenvalue weighted by atomic mass is 28.3. The smallest absolute Gasteiger partial charge is 0.147 e. The molecule has 1 aliphatic rings. The number of benzene rings is 1. The van der Waals surface area contributed by atoms with Crippen molar-refractivity contribution < 1.29 is 23.7 Å². The molecule has 0 amide bonds. The molecule has 164 valence electrons. The van der Waals surface area contributed by atoms with E-state index in [0.717, 1.165) is 43.2 Å². The number of rotatable bonds is 14. The van der Waals surface area contributed by atoms with Crippen LogP contribution in [0.1, 0.15) is 24.8 Å². The van der Waals surface area contributed by atoms with Gasteiger partial charge in [-0.05, 0) is 43.0 Å². The van der Waals surface area contributed by atoms with Gasteiger partial charge in [0.05, 0.1) is 25.9 Å². The van der Waals surface area contributed by atoms with Crippen LogP contribution in [0.3, 0.4) is 0 Å². The monoisotopic (exact) mass is 422 g/mol. The molecule has 0 N–H and O–H groups in total. The van der Waals surface area contributed by atoms with Gasteiger partial charge in [-0.25, -0.2) is 0 Å². The summed E-state index contributed by atoms with van der Waals surface area (Å²) < 4.78 is 28.6. The lowest BCUT2D eigenvalue weighted by atomic mass is 10.1. The lowest BCUT2D eigenvalue weighted by Gasteiger charge is -2.22. The summed E-state index contributed by atoms with van der Waals surface area (Å²) in [4.78, 5) is 0. The van der Waals surface area contributed by atoms with E-state index >= 15 is 0 Å². The van der Waals surface area contributed by atoms with Gasteiger partial charge in [-0.1, -0.05) is 37.8 Å². The first-order valence-corrected chi connectivity index (χ1v) is 14.3. The minimum atomic E-state index is -1.06. The maximum atomic E-state index is 6.17. The van der Waals surface area contributed by atoms with Gasteiger partial charge in [-0.15, -0.1) is 6.58 Å². The van der Waals surface area contributed by atoms with Crippen molar-refractivity contribution in [1.82, 2.24) is 0 Å². The molecule has 2 rings (SSSR count). The third-order valence-electron chi connectivity index (χ3n) is 5.09. The van der Waals surface area contributed by atoms with Gasteiger partial charge in [0.1, 0.15) is 18.6 Å². The van der Waals surface area contributed by atoms with Crippen molar-refractivity contribution in [3.8, 4) is 5.75 Å². The molecule has 0 spiro atoms. The van der Waals surface area contributed by atoms with Gasteiger partial charge in [0.15, 0.2) is 0 Å². The van der Waals surface area contributed by atoms with E-state index in [1.165, 1.54) is 0 Å². The Morgan fingerprint density at radius 2 is 1.90 bits per heavy atom. The van der Waals surface area contributed by atoms with Crippen LogP contribution in [0, 0.1) is 0 Å². The van der Waals surface area contributed by atoms with Crippen LogP contribution in [-0.2, 0) is 25.6 Å². The molecular weight excluding hydrogens is 384 g/mol. The van der Waals surface area contributed by atoms with Crippen molar-refractivity contribution >= 4 is 8.07 Å². The Morgan fingerprint density at radius 3 is 2.55 bits per heavy atom. The van der Waals surface area contributed by atoms with Crippen LogP contribution >= 0.6 is 0 Å². The fraction of sp³-hybridized carbons (Fsp3) is 0.652. The Balaban J connectivity index is 1.59. The van der Waals surface area contributed by atoms with E-state index in [-0.39, 0.29) is 18.3 Å². The fourth-order valence-corrected chi connectivity index (χ4v) is 3.96. The van der Waals surface area contributed by atoms with Crippen LogP contribution in [0.2, 0.25) is 25.7 Å². The van der Waals surface area contributed by atoms with Gasteiger partial charge in [-0.2, -0.15) is 0 Å². The van der Waals surface area contributed by atoms with Crippen LogP contribution in [0.15, 0.2) is 36.9 Å². The van der Waals surface area contributed by atoms with E-state index in [1.807, 2.05) is 30.3 Å². The Kier molecular flexibility index (Phi) is 10.4. The quantitative estimate of drug-likeness (QED) is 0.182. The van der Waals surface area contributed by atoms with E-state index in [1.54, 1.807) is 7.11 Å². The molecule has 1 aliphatic heterocycles. The van der Waals surface area contributed by atoms with Crippen molar-refractivity contribution in [2.75, 3.05) is 27.1 Å².